The fraction of sp³-hybridized carbons (Fsp3) is 0.278. The molecule has 4 heteroatoms. The van der Waals surface area contributed by atoms with Crippen LogP contribution in [0.5, 0.6) is 5.75 Å². The molecule has 22 heavy (non-hydrogen) atoms. The van der Waals surface area contributed by atoms with Crippen molar-refractivity contribution in [1.82, 2.24) is 4.98 Å². The molecule has 0 aliphatic carbocycles. The molecular formula is C18H21BrN2O. The van der Waals surface area contributed by atoms with Crippen molar-refractivity contribution < 1.29 is 4.74 Å². The fourth-order valence-corrected chi connectivity index (χ4v) is 2.82. The lowest BCUT2D eigenvalue weighted by Crippen LogP contribution is -2.11. The zero-order valence-electron chi connectivity index (χ0n) is 12.9. The molecule has 1 N–H and O–H groups in total. The van der Waals surface area contributed by atoms with Gasteiger partial charge >= 0.3 is 0 Å². The van der Waals surface area contributed by atoms with Crippen molar-refractivity contribution in [2.75, 3.05) is 12.4 Å². The Morgan fingerprint density at radius 3 is 2.68 bits per heavy atom. The number of rotatable bonds is 7. The molecule has 0 fully saturated rings. The largest absolute Gasteiger partial charge is 0.497 e. The van der Waals surface area contributed by atoms with E-state index in [2.05, 4.69) is 44.4 Å². The Morgan fingerprint density at radius 1 is 1.27 bits per heavy atom. The maximum absolute atomic E-state index is 5.20. The van der Waals surface area contributed by atoms with E-state index in [1.807, 2.05) is 43.6 Å². The van der Waals surface area contributed by atoms with Gasteiger partial charge in [-0.1, -0.05) is 12.2 Å². The molecule has 3 nitrogen and oxygen atoms in total. The number of halogens is 1. The maximum Gasteiger partial charge on any atom is 0.119 e. The Bertz CT molecular complexity index is 611. The van der Waals surface area contributed by atoms with Gasteiger partial charge in [0.1, 0.15) is 5.75 Å². The van der Waals surface area contributed by atoms with E-state index in [4.69, 9.17) is 4.74 Å². The molecule has 0 saturated heterocycles. The molecule has 1 aromatic carbocycles. The van der Waals surface area contributed by atoms with Crippen LogP contribution >= 0.6 is 15.9 Å². The summed E-state index contributed by atoms with van der Waals surface area (Å²) in [6.45, 7) is 2.05. The zero-order valence-corrected chi connectivity index (χ0v) is 14.5. The summed E-state index contributed by atoms with van der Waals surface area (Å²) in [5, 5.41) is 3.60. The van der Waals surface area contributed by atoms with Crippen LogP contribution in [-0.4, -0.2) is 12.1 Å². The predicted octanol–water partition coefficient (Wildman–Crippen LogP) is 5.36. The monoisotopic (exact) mass is 360 g/mol. The number of nitrogens with zero attached hydrogens (tertiary/aromatic N) is 1. The first-order chi connectivity index (χ1) is 10.7. The van der Waals surface area contributed by atoms with Crippen LogP contribution in [0.25, 0.3) is 0 Å². The number of hydrogen-bond acceptors (Lipinski definition) is 3. The van der Waals surface area contributed by atoms with Gasteiger partial charge in [0, 0.05) is 22.6 Å². The van der Waals surface area contributed by atoms with E-state index in [0.29, 0.717) is 0 Å². The second kappa shape index (κ2) is 8.59. The van der Waals surface area contributed by atoms with Gasteiger partial charge in [-0.15, -0.1) is 0 Å². The summed E-state index contributed by atoms with van der Waals surface area (Å²) in [6, 6.07) is 10.3. The number of anilines is 1. The molecule has 0 amide bonds. The molecule has 0 aliphatic rings. The Morgan fingerprint density at radius 2 is 2.05 bits per heavy atom. The van der Waals surface area contributed by atoms with E-state index in [0.717, 1.165) is 28.8 Å². The molecule has 116 valence electrons. The Hall–Kier alpha value is -1.81. The van der Waals surface area contributed by atoms with Gasteiger partial charge in [-0.2, -0.15) is 0 Å². The van der Waals surface area contributed by atoms with E-state index >= 15 is 0 Å². The third-order valence-electron chi connectivity index (χ3n) is 3.47. The Balaban J connectivity index is 2.18. The van der Waals surface area contributed by atoms with Crippen LogP contribution in [0, 0.1) is 0 Å². The van der Waals surface area contributed by atoms with Gasteiger partial charge in [0.2, 0.25) is 0 Å². The van der Waals surface area contributed by atoms with Crippen molar-refractivity contribution in [2.45, 2.75) is 25.8 Å². The van der Waals surface area contributed by atoms with Crippen molar-refractivity contribution in [1.29, 1.82) is 0 Å². The molecule has 0 saturated carbocycles. The SMILES string of the molecule is CC=CCCC(Nc1ccc(OC)cc1)c1ccncc1Br. The van der Waals surface area contributed by atoms with Crippen LogP contribution in [0.2, 0.25) is 0 Å². The van der Waals surface area contributed by atoms with Crippen molar-refractivity contribution in [3.63, 3.8) is 0 Å². The van der Waals surface area contributed by atoms with E-state index in [1.54, 1.807) is 7.11 Å². The zero-order chi connectivity index (χ0) is 15.8. The molecule has 1 unspecified atom stereocenters. The highest BCUT2D eigenvalue weighted by Crippen LogP contribution is 2.29. The number of nitrogens with one attached hydrogen (secondary N) is 1. The number of methoxy groups -OCH3 is 1. The first-order valence-corrected chi connectivity index (χ1v) is 8.15. The molecule has 1 atom stereocenters. The van der Waals surface area contributed by atoms with E-state index in [9.17, 15) is 0 Å². The predicted molar refractivity (Wildman–Crippen MR) is 95.3 cm³/mol. The summed E-state index contributed by atoms with van der Waals surface area (Å²) in [7, 11) is 1.68. The van der Waals surface area contributed by atoms with Gasteiger partial charge < -0.3 is 10.1 Å². The smallest absolute Gasteiger partial charge is 0.119 e. The summed E-state index contributed by atoms with van der Waals surface area (Å²) >= 11 is 3.60. The Labute approximate surface area is 140 Å². The quantitative estimate of drug-likeness (QED) is 0.674. The van der Waals surface area contributed by atoms with Gasteiger partial charge in [0.15, 0.2) is 0 Å². The Kier molecular flexibility index (Phi) is 6.46. The molecule has 1 aromatic heterocycles. The number of pyridine rings is 1. The first kappa shape index (κ1) is 16.6. The number of allylic oxidation sites excluding steroid dienone is 2. The second-order valence-corrected chi connectivity index (χ2v) is 5.82. The number of ether oxygens (including phenoxy) is 1. The van der Waals surface area contributed by atoms with Gasteiger partial charge in [-0.25, -0.2) is 0 Å². The summed E-state index contributed by atoms with van der Waals surface area (Å²) in [6.07, 6.45) is 9.99. The van der Waals surface area contributed by atoms with Gasteiger partial charge in [-0.3, -0.25) is 4.98 Å². The van der Waals surface area contributed by atoms with E-state index in [1.165, 1.54) is 5.56 Å². The molecule has 0 aliphatic heterocycles. The van der Waals surface area contributed by atoms with Gasteiger partial charge in [0.05, 0.1) is 13.2 Å². The first-order valence-electron chi connectivity index (χ1n) is 7.35. The number of benzene rings is 1. The van der Waals surface area contributed by atoms with Crippen LogP contribution in [0.15, 0.2) is 59.4 Å². The molecule has 1 heterocycles. The van der Waals surface area contributed by atoms with Crippen LogP contribution < -0.4 is 10.1 Å². The van der Waals surface area contributed by atoms with Crippen molar-refractivity contribution in [3.05, 3.63) is 64.9 Å². The van der Waals surface area contributed by atoms with Gasteiger partial charge in [-0.05, 0) is 71.6 Å². The van der Waals surface area contributed by atoms with Crippen LogP contribution in [-0.2, 0) is 0 Å². The third-order valence-corrected chi connectivity index (χ3v) is 4.13. The molecule has 2 rings (SSSR count). The highest BCUT2D eigenvalue weighted by molar-refractivity contribution is 9.10. The normalized spacial score (nSPS) is 12.3. The lowest BCUT2D eigenvalue weighted by atomic mass is 10.0. The maximum atomic E-state index is 5.20. The van der Waals surface area contributed by atoms with Crippen molar-refractivity contribution in [3.8, 4) is 5.75 Å². The minimum absolute atomic E-state index is 0.224. The topological polar surface area (TPSA) is 34.1 Å². The van der Waals surface area contributed by atoms with Crippen molar-refractivity contribution >= 4 is 21.6 Å². The minimum atomic E-state index is 0.224. The molecule has 2 aromatic rings. The van der Waals surface area contributed by atoms with Crippen LogP contribution in [0.3, 0.4) is 0 Å². The summed E-state index contributed by atoms with van der Waals surface area (Å²) in [5.74, 6) is 0.862. The summed E-state index contributed by atoms with van der Waals surface area (Å²) in [4.78, 5) is 4.15. The van der Waals surface area contributed by atoms with Gasteiger partial charge in [0.25, 0.3) is 0 Å². The summed E-state index contributed by atoms with van der Waals surface area (Å²) in [5.41, 5.74) is 2.30. The number of aromatic nitrogens is 1. The lowest BCUT2D eigenvalue weighted by molar-refractivity contribution is 0.415. The minimum Gasteiger partial charge on any atom is -0.497 e. The number of hydrogen-bond donors (Lipinski definition) is 1. The highest BCUT2D eigenvalue weighted by atomic mass is 79.9. The average Bonchev–Trinajstić information content (AvgIpc) is 2.55. The lowest BCUT2D eigenvalue weighted by Gasteiger charge is -2.21. The molecule has 0 radical (unpaired) electrons. The second-order valence-electron chi connectivity index (χ2n) is 4.97. The van der Waals surface area contributed by atoms with E-state index < -0.39 is 0 Å². The third kappa shape index (κ3) is 4.60. The van der Waals surface area contributed by atoms with E-state index in [-0.39, 0.29) is 6.04 Å². The average molecular weight is 361 g/mol. The standard InChI is InChI=1S/C18H21BrN2O/c1-3-4-5-6-18(16-11-12-20-13-17(16)19)21-14-7-9-15(22-2)10-8-14/h3-4,7-13,18,21H,5-6H2,1-2H3. The van der Waals surface area contributed by atoms with Crippen LogP contribution in [0.4, 0.5) is 5.69 Å². The van der Waals surface area contributed by atoms with Crippen molar-refractivity contribution in [2.24, 2.45) is 0 Å². The summed E-state index contributed by atoms with van der Waals surface area (Å²) < 4.78 is 6.23. The molecule has 0 spiro atoms. The molecule has 0 bridgehead atoms. The van der Waals surface area contributed by atoms with Crippen LogP contribution in [0.1, 0.15) is 31.4 Å². The highest BCUT2D eigenvalue weighted by Gasteiger charge is 2.14. The molecular weight excluding hydrogens is 340 g/mol. The fourth-order valence-electron chi connectivity index (χ4n) is 2.29.